The fourth-order valence-electron chi connectivity index (χ4n) is 8.67. The minimum atomic E-state index is 0.618. The Bertz CT molecular complexity index is 3450. The molecule has 0 unspecified atom stereocenters. The van der Waals surface area contributed by atoms with Crippen LogP contribution >= 0.6 is 0 Å². The molecular weight excluding hydrogens is 649 g/mol. The second kappa shape index (κ2) is 10.6. The van der Waals surface area contributed by atoms with Gasteiger partial charge in [-0.25, -0.2) is 9.97 Å². The second-order valence-electron chi connectivity index (χ2n) is 13.7. The normalized spacial score (nSPS) is 12.2. The Morgan fingerprint density at radius 1 is 0.415 bits per heavy atom. The minimum Gasteiger partial charge on any atom is -0.455 e. The van der Waals surface area contributed by atoms with Gasteiger partial charge in [0.05, 0.1) is 44.4 Å². The monoisotopic (exact) mass is 676 g/mol. The maximum atomic E-state index is 6.75. The number of aromatic nitrogens is 4. The van der Waals surface area contributed by atoms with Crippen LogP contribution in [0.5, 0.6) is 0 Å². The van der Waals surface area contributed by atoms with Crippen LogP contribution in [0.1, 0.15) is 0 Å². The number of furan rings is 1. The van der Waals surface area contributed by atoms with Gasteiger partial charge in [0.1, 0.15) is 11.2 Å². The number of benzene rings is 8. The van der Waals surface area contributed by atoms with E-state index in [-0.39, 0.29) is 0 Å². The summed E-state index contributed by atoms with van der Waals surface area (Å²) in [7, 11) is 0. The van der Waals surface area contributed by atoms with Crippen LogP contribution < -0.4 is 0 Å². The maximum absolute atomic E-state index is 6.75. The van der Waals surface area contributed by atoms with Crippen LogP contribution in [-0.2, 0) is 0 Å². The van der Waals surface area contributed by atoms with Gasteiger partial charge >= 0.3 is 0 Å². The minimum absolute atomic E-state index is 0.618. The smallest absolute Gasteiger partial charge is 0.235 e. The zero-order valence-electron chi connectivity index (χ0n) is 28.4. The van der Waals surface area contributed by atoms with Crippen molar-refractivity contribution in [3.63, 3.8) is 0 Å². The molecule has 4 aromatic heterocycles. The lowest BCUT2D eigenvalue weighted by Gasteiger charge is -2.13. The van der Waals surface area contributed by atoms with Crippen LogP contribution in [0.2, 0.25) is 0 Å². The number of fused-ring (bicyclic) bond motifs is 13. The summed E-state index contributed by atoms with van der Waals surface area (Å²) in [5, 5.41) is 10.1. The van der Waals surface area contributed by atoms with Crippen LogP contribution in [-0.4, -0.2) is 19.1 Å². The Hall–Kier alpha value is -7.24. The zero-order chi connectivity index (χ0) is 34.6. The Morgan fingerprint density at radius 3 is 1.98 bits per heavy atom. The molecule has 0 bridgehead atoms. The van der Waals surface area contributed by atoms with E-state index in [9.17, 15) is 0 Å². The lowest BCUT2D eigenvalue weighted by molar-refractivity contribution is 0.673. The van der Waals surface area contributed by atoms with Crippen molar-refractivity contribution in [1.82, 2.24) is 19.1 Å². The molecule has 12 rings (SSSR count). The van der Waals surface area contributed by atoms with Crippen molar-refractivity contribution in [3.05, 3.63) is 170 Å². The van der Waals surface area contributed by atoms with Crippen molar-refractivity contribution in [2.45, 2.75) is 0 Å². The largest absolute Gasteiger partial charge is 0.455 e. The Kier molecular flexibility index (Phi) is 5.71. The standard InChI is InChI=1S/C48H28N4O/c1-2-14-30(15-3-1)45-34-19-6-9-21-37(34)49-48(50-45)52-41-27-25-33-32-18-8-11-24-42(32)53-47(33)44(41)36-26-28-40-43(46(36)52)35-20-7-10-22-39(35)51(40)38-23-12-16-29-13-4-5-17-31(29)38/h1-28H. The van der Waals surface area contributed by atoms with Gasteiger partial charge in [0.25, 0.3) is 0 Å². The molecule has 0 spiro atoms. The van der Waals surface area contributed by atoms with Gasteiger partial charge in [0, 0.05) is 43.3 Å². The molecule has 0 amide bonds. The van der Waals surface area contributed by atoms with Crippen molar-refractivity contribution in [2.75, 3.05) is 0 Å². The van der Waals surface area contributed by atoms with E-state index in [0.717, 1.165) is 93.4 Å². The van der Waals surface area contributed by atoms with E-state index in [1.165, 1.54) is 10.8 Å². The average Bonchev–Trinajstić information content (AvgIpc) is 3.88. The van der Waals surface area contributed by atoms with Crippen molar-refractivity contribution >= 4 is 87.2 Å². The molecule has 0 atom stereocenters. The first-order valence-electron chi connectivity index (χ1n) is 17.9. The van der Waals surface area contributed by atoms with E-state index in [0.29, 0.717) is 5.95 Å². The molecule has 0 N–H and O–H groups in total. The third-order valence-corrected chi connectivity index (χ3v) is 10.9. The van der Waals surface area contributed by atoms with Gasteiger partial charge < -0.3 is 8.98 Å². The first-order chi connectivity index (χ1) is 26.3. The molecule has 5 heteroatoms. The number of hydrogen-bond acceptors (Lipinski definition) is 3. The molecule has 0 aliphatic heterocycles. The number of rotatable bonds is 3. The maximum Gasteiger partial charge on any atom is 0.235 e. The summed E-state index contributed by atoms with van der Waals surface area (Å²) < 4.78 is 11.4. The molecular formula is C48H28N4O. The summed E-state index contributed by atoms with van der Waals surface area (Å²) in [6.07, 6.45) is 0. The predicted molar refractivity (Wildman–Crippen MR) is 218 cm³/mol. The fourth-order valence-corrected chi connectivity index (χ4v) is 8.67. The second-order valence-corrected chi connectivity index (χ2v) is 13.7. The highest BCUT2D eigenvalue weighted by Gasteiger charge is 2.25. The molecule has 0 saturated carbocycles. The summed E-state index contributed by atoms with van der Waals surface area (Å²) in [6, 6.07) is 59.9. The molecule has 53 heavy (non-hydrogen) atoms. The summed E-state index contributed by atoms with van der Waals surface area (Å²) in [5.41, 5.74) is 10.0. The molecule has 8 aromatic carbocycles. The van der Waals surface area contributed by atoms with Crippen molar-refractivity contribution < 1.29 is 4.42 Å². The molecule has 12 aromatic rings. The molecule has 4 heterocycles. The quantitative estimate of drug-likeness (QED) is 0.187. The summed E-state index contributed by atoms with van der Waals surface area (Å²) in [6.45, 7) is 0. The summed E-state index contributed by atoms with van der Waals surface area (Å²) in [5.74, 6) is 0.618. The highest BCUT2D eigenvalue weighted by Crippen LogP contribution is 2.46. The first kappa shape index (κ1) is 28.5. The number of para-hydroxylation sites is 3. The van der Waals surface area contributed by atoms with Crippen molar-refractivity contribution in [2.24, 2.45) is 0 Å². The van der Waals surface area contributed by atoms with E-state index in [2.05, 4.69) is 161 Å². The van der Waals surface area contributed by atoms with E-state index in [4.69, 9.17) is 14.4 Å². The molecule has 0 radical (unpaired) electrons. The highest BCUT2D eigenvalue weighted by molar-refractivity contribution is 6.31. The lowest BCUT2D eigenvalue weighted by Crippen LogP contribution is -2.03. The Labute approximate surface area is 302 Å². The number of hydrogen-bond donors (Lipinski definition) is 0. The van der Waals surface area contributed by atoms with E-state index in [1.54, 1.807) is 0 Å². The third-order valence-electron chi connectivity index (χ3n) is 10.9. The first-order valence-corrected chi connectivity index (χ1v) is 17.9. The van der Waals surface area contributed by atoms with Gasteiger partial charge in [-0.2, -0.15) is 0 Å². The Balaban J connectivity index is 1.31. The van der Waals surface area contributed by atoms with Crippen molar-refractivity contribution in [3.8, 4) is 22.9 Å². The lowest BCUT2D eigenvalue weighted by atomic mass is 10.1. The fraction of sp³-hybridized carbons (Fsp3) is 0. The highest BCUT2D eigenvalue weighted by atomic mass is 16.3. The zero-order valence-corrected chi connectivity index (χ0v) is 28.4. The predicted octanol–water partition coefficient (Wildman–Crippen LogP) is 12.5. The topological polar surface area (TPSA) is 48.8 Å². The Morgan fingerprint density at radius 2 is 1.09 bits per heavy atom. The molecule has 5 nitrogen and oxygen atoms in total. The van der Waals surface area contributed by atoms with Gasteiger partial charge in [-0.15, -0.1) is 0 Å². The van der Waals surface area contributed by atoms with Crippen LogP contribution in [0.4, 0.5) is 0 Å². The van der Waals surface area contributed by atoms with Gasteiger partial charge in [-0.05, 0) is 53.9 Å². The molecule has 0 aliphatic carbocycles. The summed E-state index contributed by atoms with van der Waals surface area (Å²) >= 11 is 0. The van der Waals surface area contributed by atoms with Crippen LogP contribution in [0.25, 0.3) is 110 Å². The van der Waals surface area contributed by atoms with Crippen molar-refractivity contribution in [1.29, 1.82) is 0 Å². The van der Waals surface area contributed by atoms with E-state index >= 15 is 0 Å². The third kappa shape index (κ3) is 3.91. The van der Waals surface area contributed by atoms with Crippen LogP contribution in [0.3, 0.4) is 0 Å². The molecule has 0 aliphatic rings. The van der Waals surface area contributed by atoms with Gasteiger partial charge in [0.2, 0.25) is 5.95 Å². The van der Waals surface area contributed by atoms with Gasteiger partial charge in [-0.1, -0.05) is 121 Å². The molecule has 0 fully saturated rings. The molecule has 246 valence electrons. The van der Waals surface area contributed by atoms with E-state index < -0.39 is 0 Å². The molecule has 0 saturated heterocycles. The van der Waals surface area contributed by atoms with Gasteiger partial charge in [0.15, 0.2) is 0 Å². The van der Waals surface area contributed by atoms with Gasteiger partial charge in [-0.3, -0.25) is 4.57 Å². The van der Waals surface area contributed by atoms with Crippen LogP contribution in [0, 0.1) is 0 Å². The van der Waals surface area contributed by atoms with E-state index in [1.807, 2.05) is 18.2 Å². The summed E-state index contributed by atoms with van der Waals surface area (Å²) in [4.78, 5) is 10.8. The SMILES string of the molecule is c1ccc(-c2nc(-n3c4ccc5c6ccccc6oc5c4c4ccc5c(c6ccccc6n5-c5cccc6ccccc56)c43)nc3ccccc23)cc1. The van der Waals surface area contributed by atoms with Crippen LogP contribution in [0.15, 0.2) is 174 Å². The average molecular weight is 677 g/mol. The number of nitrogens with zero attached hydrogens (tertiary/aromatic N) is 4.